The first-order chi connectivity index (χ1) is 14.8. The number of piperazine rings is 1. The normalized spacial score (nSPS) is 15.8. The largest absolute Gasteiger partial charge is 0.417 e. The summed E-state index contributed by atoms with van der Waals surface area (Å²) in [5.41, 5.74) is 0.511. The predicted molar refractivity (Wildman–Crippen MR) is 110 cm³/mol. The lowest BCUT2D eigenvalue weighted by Crippen LogP contribution is -2.49. The average molecular weight is 448 g/mol. The summed E-state index contributed by atoms with van der Waals surface area (Å²) in [6, 6.07) is 15.6. The zero-order valence-electron chi connectivity index (χ0n) is 16.3. The number of halogens is 3. The van der Waals surface area contributed by atoms with Crippen LogP contribution in [0.4, 0.5) is 19.0 Å². The average Bonchev–Trinajstić information content (AvgIpc) is 2.79. The van der Waals surface area contributed by atoms with Crippen molar-refractivity contribution < 1.29 is 21.6 Å². The molecule has 162 valence electrons. The van der Waals surface area contributed by atoms with Crippen LogP contribution in [0.2, 0.25) is 0 Å². The van der Waals surface area contributed by atoms with E-state index < -0.39 is 26.7 Å². The predicted octanol–water partition coefficient (Wildman–Crippen LogP) is 3.67. The molecule has 2 heterocycles. The Bertz CT molecular complexity index is 1160. The topological polar surface area (TPSA) is 66.4 Å². The second-order valence-electron chi connectivity index (χ2n) is 7.01. The first kappa shape index (κ1) is 21.3. The molecule has 31 heavy (non-hydrogen) atoms. The molecule has 4 rings (SSSR count). The van der Waals surface area contributed by atoms with Gasteiger partial charge in [0.25, 0.3) is 0 Å². The lowest BCUT2D eigenvalue weighted by atomic mass is 10.1. The van der Waals surface area contributed by atoms with E-state index in [9.17, 15) is 21.6 Å². The molecule has 1 saturated heterocycles. The highest BCUT2D eigenvalue weighted by Gasteiger charge is 2.39. The van der Waals surface area contributed by atoms with E-state index in [1.54, 1.807) is 0 Å². The molecule has 6 nitrogen and oxygen atoms in total. The monoisotopic (exact) mass is 448 g/mol. The van der Waals surface area contributed by atoms with E-state index in [-0.39, 0.29) is 13.1 Å². The van der Waals surface area contributed by atoms with Crippen LogP contribution >= 0.6 is 0 Å². The Kier molecular flexibility index (Phi) is 5.67. The van der Waals surface area contributed by atoms with Crippen molar-refractivity contribution in [2.24, 2.45) is 0 Å². The highest BCUT2D eigenvalue weighted by molar-refractivity contribution is 7.89. The third-order valence-electron chi connectivity index (χ3n) is 5.10. The zero-order chi connectivity index (χ0) is 22.1. The summed E-state index contributed by atoms with van der Waals surface area (Å²) in [5, 5.41) is 0. The molecule has 0 amide bonds. The number of anilines is 1. The molecule has 0 radical (unpaired) electrons. The van der Waals surface area contributed by atoms with Crippen LogP contribution in [0, 0.1) is 0 Å². The number of rotatable bonds is 4. The van der Waals surface area contributed by atoms with Crippen molar-refractivity contribution >= 4 is 15.8 Å². The fraction of sp³-hybridized carbons (Fsp3) is 0.238. The first-order valence-corrected chi connectivity index (χ1v) is 11.0. The van der Waals surface area contributed by atoms with Crippen LogP contribution < -0.4 is 4.90 Å². The number of benzene rings is 2. The Balaban J connectivity index is 1.52. The summed E-state index contributed by atoms with van der Waals surface area (Å²) in [5.74, 6) is 0.640. The molecule has 0 bridgehead atoms. The first-order valence-electron chi connectivity index (χ1n) is 9.55. The molecule has 0 atom stereocenters. The number of alkyl halides is 3. The van der Waals surface area contributed by atoms with Gasteiger partial charge in [-0.15, -0.1) is 0 Å². The maximum atomic E-state index is 13.3. The number of nitrogens with zero attached hydrogens (tertiary/aromatic N) is 4. The van der Waals surface area contributed by atoms with Crippen LogP contribution in [0.15, 0.2) is 71.9 Å². The second-order valence-corrected chi connectivity index (χ2v) is 8.92. The molecule has 2 aromatic carbocycles. The molecule has 0 unspecified atom stereocenters. The molecule has 0 spiro atoms. The zero-order valence-corrected chi connectivity index (χ0v) is 17.1. The standard InChI is InChI=1S/C21H19F3N4O2S/c22-21(23,24)17-8-4-5-9-19(17)31(29,30)28-12-10-27(11-13-28)20-14-18(25-15-26-20)16-6-2-1-3-7-16/h1-9,14-15H,10-13H2. The van der Waals surface area contributed by atoms with E-state index in [0.717, 1.165) is 27.7 Å². The fourth-order valence-corrected chi connectivity index (χ4v) is 5.14. The van der Waals surface area contributed by atoms with Crippen molar-refractivity contribution in [3.8, 4) is 11.3 Å². The highest BCUT2D eigenvalue weighted by Crippen LogP contribution is 2.35. The van der Waals surface area contributed by atoms with Crippen LogP contribution in [0.1, 0.15) is 5.56 Å². The van der Waals surface area contributed by atoms with Gasteiger partial charge in [-0.1, -0.05) is 42.5 Å². The Hall–Kier alpha value is -2.98. The summed E-state index contributed by atoms with van der Waals surface area (Å²) >= 11 is 0. The summed E-state index contributed by atoms with van der Waals surface area (Å²) in [6.07, 6.45) is -3.30. The van der Waals surface area contributed by atoms with Gasteiger partial charge in [-0.3, -0.25) is 0 Å². The van der Waals surface area contributed by atoms with Gasteiger partial charge >= 0.3 is 6.18 Å². The van der Waals surface area contributed by atoms with Gasteiger partial charge in [0.05, 0.1) is 16.2 Å². The minimum atomic E-state index is -4.75. The van der Waals surface area contributed by atoms with E-state index in [1.165, 1.54) is 18.5 Å². The minimum Gasteiger partial charge on any atom is -0.354 e. The SMILES string of the molecule is O=S(=O)(c1ccccc1C(F)(F)F)N1CCN(c2cc(-c3ccccc3)ncn2)CC1. The lowest BCUT2D eigenvalue weighted by molar-refractivity contribution is -0.139. The van der Waals surface area contributed by atoms with Crippen LogP contribution in [0.3, 0.4) is 0 Å². The maximum absolute atomic E-state index is 13.3. The number of hydrogen-bond acceptors (Lipinski definition) is 5. The van der Waals surface area contributed by atoms with Gasteiger partial charge in [0.1, 0.15) is 12.1 Å². The van der Waals surface area contributed by atoms with Crippen LogP contribution in [-0.2, 0) is 16.2 Å². The van der Waals surface area contributed by atoms with Crippen molar-refractivity contribution in [3.05, 3.63) is 72.6 Å². The quantitative estimate of drug-likeness (QED) is 0.609. The van der Waals surface area contributed by atoms with Crippen molar-refractivity contribution in [2.45, 2.75) is 11.1 Å². The molecule has 1 aliphatic rings. The van der Waals surface area contributed by atoms with E-state index in [4.69, 9.17) is 0 Å². The van der Waals surface area contributed by atoms with Crippen molar-refractivity contribution in [3.63, 3.8) is 0 Å². The Labute approximate surface area is 178 Å². The number of sulfonamides is 1. The molecule has 0 N–H and O–H groups in total. The molecule has 10 heteroatoms. The van der Waals surface area contributed by atoms with Crippen LogP contribution in [0.25, 0.3) is 11.3 Å². The molecule has 1 fully saturated rings. The molecular weight excluding hydrogens is 429 g/mol. The van der Waals surface area contributed by atoms with E-state index in [1.807, 2.05) is 41.3 Å². The smallest absolute Gasteiger partial charge is 0.354 e. The van der Waals surface area contributed by atoms with Gasteiger partial charge in [0.15, 0.2) is 0 Å². The summed E-state index contributed by atoms with van der Waals surface area (Å²) in [7, 11) is -4.28. The Morgan fingerprint density at radius 2 is 1.48 bits per heavy atom. The summed E-state index contributed by atoms with van der Waals surface area (Å²) in [4.78, 5) is 9.74. The van der Waals surface area contributed by atoms with E-state index >= 15 is 0 Å². The minimum absolute atomic E-state index is 0.0548. The lowest BCUT2D eigenvalue weighted by Gasteiger charge is -2.35. The van der Waals surface area contributed by atoms with E-state index in [0.29, 0.717) is 18.9 Å². The summed E-state index contributed by atoms with van der Waals surface area (Å²) in [6.45, 7) is 0.718. The molecule has 3 aromatic rings. The molecule has 0 aliphatic carbocycles. The van der Waals surface area contributed by atoms with Gasteiger partial charge in [-0.05, 0) is 12.1 Å². The fourth-order valence-electron chi connectivity index (χ4n) is 3.51. The number of aromatic nitrogens is 2. The molecule has 1 aromatic heterocycles. The third kappa shape index (κ3) is 4.40. The van der Waals surface area contributed by atoms with Gasteiger partial charge in [-0.2, -0.15) is 17.5 Å². The number of hydrogen-bond donors (Lipinski definition) is 0. The molecular formula is C21H19F3N4O2S. The van der Waals surface area contributed by atoms with Gasteiger partial charge in [0, 0.05) is 37.8 Å². The second kappa shape index (κ2) is 8.27. The Morgan fingerprint density at radius 3 is 2.16 bits per heavy atom. The van der Waals surface area contributed by atoms with Gasteiger partial charge in [0.2, 0.25) is 10.0 Å². The van der Waals surface area contributed by atoms with Crippen molar-refractivity contribution in [1.82, 2.24) is 14.3 Å². The third-order valence-corrected chi connectivity index (χ3v) is 7.05. The maximum Gasteiger partial charge on any atom is 0.417 e. The summed E-state index contributed by atoms with van der Waals surface area (Å²) < 4.78 is 66.8. The van der Waals surface area contributed by atoms with Crippen LogP contribution in [0.5, 0.6) is 0 Å². The molecule has 0 saturated carbocycles. The van der Waals surface area contributed by atoms with Gasteiger partial charge < -0.3 is 4.90 Å². The van der Waals surface area contributed by atoms with Crippen LogP contribution in [-0.4, -0.2) is 48.9 Å². The van der Waals surface area contributed by atoms with Gasteiger partial charge in [-0.25, -0.2) is 18.4 Å². The van der Waals surface area contributed by atoms with E-state index in [2.05, 4.69) is 9.97 Å². The van der Waals surface area contributed by atoms with Crippen molar-refractivity contribution in [2.75, 3.05) is 31.1 Å². The molecule has 1 aliphatic heterocycles. The highest BCUT2D eigenvalue weighted by atomic mass is 32.2. The Morgan fingerprint density at radius 1 is 0.839 bits per heavy atom. The van der Waals surface area contributed by atoms with Crippen molar-refractivity contribution in [1.29, 1.82) is 0 Å².